The maximum Gasteiger partial charge on any atom is 0.280 e. The van der Waals surface area contributed by atoms with E-state index in [1.165, 1.54) is 4.90 Å². The van der Waals surface area contributed by atoms with Crippen molar-refractivity contribution in [2.24, 2.45) is 0 Å². The van der Waals surface area contributed by atoms with Crippen LogP contribution in [0.2, 0.25) is 0 Å². The summed E-state index contributed by atoms with van der Waals surface area (Å²) in [5.41, 5.74) is 1.57. The van der Waals surface area contributed by atoms with Gasteiger partial charge in [0.05, 0.1) is 29.6 Å². The number of carbonyl (C=O) groups is 3. The first-order chi connectivity index (χ1) is 14.6. The van der Waals surface area contributed by atoms with Gasteiger partial charge in [-0.2, -0.15) is 0 Å². The second-order valence-corrected chi connectivity index (χ2v) is 8.47. The van der Waals surface area contributed by atoms with E-state index in [2.05, 4.69) is 5.32 Å². The number of carbonyl (C=O) groups excluding carboxylic acids is 3. The Bertz CT molecular complexity index is 861. The van der Waals surface area contributed by atoms with Crippen molar-refractivity contribution in [2.75, 3.05) is 56.0 Å². The van der Waals surface area contributed by atoms with Crippen molar-refractivity contribution in [3.05, 3.63) is 18.2 Å². The van der Waals surface area contributed by atoms with Crippen LogP contribution in [0, 0.1) is 0 Å². The van der Waals surface area contributed by atoms with E-state index in [9.17, 15) is 23.2 Å². The van der Waals surface area contributed by atoms with Gasteiger partial charge in [0.15, 0.2) is 0 Å². The number of anilines is 3. The van der Waals surface area contributed by atoms with Crippen LogP contribution in [0.1, 0.15) is 19.3 Å². The van der Waals surface area contributed by atoms with Gasteiger partial charge in [-0.05, 0) is 39.1 Å². The summed E-state index contributed by atoms with van der Waals surface area (Å²) in [5.74, 6) is -3.83. The second-order valence-electron chi connectivity index (χ2n) is 8.47. The molecule has 0 radical (unpaired) electrons. The van der Waals surface area contributed by atoms with Crippen LogP contribution in [0.5, 0.6) is 0 Å². The van der Waals surface area contributed by atoms with Crippen LogP contribution < -0.4 is 20.0 Å². The molecule has 2 unspecified atom stereocenters. The number of imide groups is 1. The SMILES string of the molecule is CN(C)c1c(N2CCC(N(C)C)C(F)(F)C2)cccc1N(C=O)C1CCC(=O)NC1=O. The Kier molecular flexibility index (Phi) is 6.49. The predicted octanol–water partition coefficient (Wildman–Crippen LogP) is 1.30. The highest BCUT2D eigenvalue weighted by molar-refractivity contribution is 6.05. The molecule has 170 valence electrons. The quantitative estimate of drug-likeness (QED) is 0.534. The number of hydrogen-bond acceptors (Lipinski definition) is 6. The van der Waals surface area contributed by atoms with Crippen molar-refractivity contribution in [3.63, 3.8) is 0 Å². The minimum Gasteiger partial charge on any atom is -0.374 e. The molecular formula is C21H29F2N5O3. The van der Waals surface area contributed by atoms with Crippen LogP contribution in [0.25, 0.3) is 0 Å². The zero-order valence-corrected chi connectivity index (χ0v) is 18.3. The maximum atomic E-state index is 14.8. The summed E-state index contributed by atoms with van der Waals surface area (Å²) in [6, 6.07) is 3.44. The third-order valence-electron chi connectivity index (χ3n) is 5.90. The molecular weight excluding hydrogens is 408 g/mol. The number of para-hydroxylation sites is 1. The van der Waals surface area contributed by atoms with Crippen molar-refractivity contribution in [1.82, 2.24) is 10.2 Å². The van der Waals surface area contributed by atoms with E-state index in [0.717, 1.165) is 0 Å². The third kappa shape index (κ3) is 4.48. The van der Waals surface area contributed by atoms with Gasteiger partial charge in [-0.3, -0.25) is 19.7 Å². The number of nitrogens with one attached hydrogen (secondary N) is 1. The molecule has 0 bridgehead atoms. The zero-order chi connectivity index (χ0) is 22.9. The second kappa shape index (κ2) is 8.78. The van der Waals surface area contributed by atoms with Gasteiger partial charge >= 0.3 is 0 Å². The first kappa shape index (κ1) is 22.9. The van der Waals surface area contributed by atoms with E-state index >= 15 is 0 Å². The van der Waals surface area contributed by atoms with E-state index in [0.29, 0.717) is 36.4 Å². The molecule has 2 aliphatic heterocycles. The average Bonchev–Trinajstić information content (AvgIpc) is 2.68. The highest BCUT2D eigenvalue weighted by atomic mass is 19.3. The lowest BCUT2D eigenvalue weighted by molar-refractivity contribution is -0.134. The first-order valence-corrected chi connectivity index (χ1v) is 10.2. The molecule has 2 atom stereocenters. The highest BCUT2D eigenvalue weighted by Crippen LogP contribution is 2.42. The Labute approximate surface area is 180 Å². The maximum absolute atomic E-state index is 14.8. The van der Waals surface area contributed by atoms with E-state index in [1.54, 1.807) is 61.1 Å². The highest BCUT2D eigenvalue weighted by Gasteiger charge is 2.46. The van der Waals surface area contributed by atoms with Crippen LogP contribution in [-0.4, -0.2) is 82.4 Å². The smallest absolute Gasteiger partial charge is 0.280 e. The molecule has 0 spiro atoms. The average molecular weight is 437 g/mol. The van der Waals surface area contributed by atoms with Crippen molar-refractivity contribution >= 4 is 35.3 Å². The van der Waals surface area contributed by atoms with Crippen molar-refractivity contribution in [3.8, 4) is 0 Å². The normalized spacial score (nSPS) is 23.5. The summed E-state index contributed by atoms with van der Waals surface area (Å²) in [7, 11) is 6.84. The summed E-state index contributed by atoms with van der Waals surface area (Å²) in [6.07, 6.45) is 1.18. The van der Waals surface area contributed by atoms with Crippen LogP contribution in [-0.2, 0) is 14.4 Å². The number of hydrogen-bond donors (Lipinski definition) is 1. The van der Waals surface area contributed by atoms with E-state index in [4.69, 9.17) is 0 Å². The van der Waals surface area contributed by atoms with Crippen LogP contribution >= 0.6 is 0 Å². The molecule has 0 aliphatic carbocycles. The molecule has 1 N–H and O–H groups in total. The van der Waals surface area contributed by atoms with Crippen LogP contribution in [0.3, 0.4) is 0 Å². The fourth-order valence-electron chi connectivity index (χ4n) is 4.46. The molecule has 31 heavy (non-hydrogen) atoms. The summed E-state index contributed by atoms with van der Waals surface area (Å²) < 4.78 is 29.7. The molecule has 2 fully saturated rings. The summed E-state index contributed by atoms with van der Waals surface area (Å²) in [5, 5.41) is 2.26. The van der Waals surface area contributed by atoms with E-state index in [1.807, 2.05) is 0 Å². The minimum absolute atomic E-state index is 0.127. The summed E-state index contributed by atoms with van der Waals surface area (Å²) in [4.78, 5) is 42.1. The van der Waals surface area contributed by atoms with Gasteiger partial charge in [0, 0.05) is 27.1 Å². The first-order valence-electron chi connectivity index (χ1n) is 10.2. The lowest BCUT2D eigenvalue weighted by Crippen LogP contribution is -2.57. The third-order valence-corrected chi connectivity index (χ3v) is 5.90. The molecule has 0 aromatic heterocycles. The zero-order valence-electron chi connectivity index (χ0n) is 18.3. The number of nitrogens with zero attached hydrogens (tertiary/aromatic N) is 4. The van der Waals surface area contributed by atoms with Gasteiger partial charge in [0.2, 0.25) is 18.2 Å². The number of piperidine rings is 2. The number of alkyl halides is 2. The molecule has 8 nitrogen and oxygen atoms in total. The number of benzene rings is 1. The largest absolute Gasteiger partial charge is 0.374 e. The predicted molar refractivity (Wildman–Crippen MR) is 115 cm³/mol. The Morgan fingerprint density at radius 2 is 1.87 bits per heavy atom. The molecule has 0 saturated carbocycles. The molecule has 10 heteroatoms. The molecule has 1 aromatic rings. The molecule has 2 heterocycles. The van der Waals surface area contributed by atoms with Gasteiger partial charge < -0.3 is 19.6 Å². The Morgan fingerprint density at radius 1 is 1.16 bits per heavy atom. The van der Waals surface area contributed by atoms with Crippen LogP contribution in [0.4, 0.5) is 25.8 Å². The van der Waals surface area contributed by atoms with E-state index in [-0.39, 0.29) is 18.7 Å². The lowest BCUT2D eigenvalue weighted by atomic mass is 9.98. The minimum atomic E-state index is -2.91. The van der Waals surface area contributed by atoms with Crippen molar-refractivity contribution in [1.29, 1.82) is 0 Å². The lowest BCUT2D eigenvalue weighted by Gasteiger charge is -2.43. The molecule has 3 rings (SSSR count). The van der Waals surface area contributed by atoms with Gasteiger partial charge in [-0.25, -0.2) is 8.78 Å². The molecule has 2 saturated heterocycles. The Hall–Kier alpha value is -2.75. The molecule has 2 aliphatic rings. The van der Waals surface area contributed by atoms with Gasteiger partial charge in [0.25, 0.3) is 5.92 Å². The fourth-order valence-corrected chi connectivity index (χ4v) is 4.46. The monoisotopic (exact) mass is 437 g/mol. The van der Waals surface area contributed by atoms with E-state index < -0.39 is 30.5 Å². The van der Waals surface area contributed by atoms with Crippen molar-refractivity contribution < 1.29 is 23.2 Å². The topological polar surface area (TPSA) is 76.2 Å². The standard InChI is InChI=1S/C21H29F2N5O3/c1-25(2)17-10-11-27(12-21(17,22)23)14-6-5-7-15(19(14)26(3)4)28(13-29)16-8-9-18(30)24-20(16)31/h5-7,13,16-17H,8-12H2,1-4H3,(H,24,30,31). The van der Waals surface area contributed by atoms with Gasteiger partial charge in [-0.1, -0.05) is 6.07 Å². The van der Waals surface area contributed by atoms with Crippen LogP contribution in [0.15, 0.2) is 18.2 Å². The molecule has 3 amide bonds. The van der Waals surface area contributed by atoms with Gasteiger partial charge in [0.1, 0.15) is 6.04 Å². The fraction of sp³-hybridized carbons (Fsp3) is 0.571. The number of rotatable bonds is 6. The summed E-state index contributed by atoms with van der Waals surface area (Å²) in [6.45, 7) is -0.0120. The Morgan fingerprint density at radius 3 is 2.42 bits per heavy atom. The Balaban J connectivity index is 1.99. The molecule has 1 aromatic carbocycles. The number of halogens is 2. The number of amides is 3. The van der Waals surface area contributed by atoms with Gasteiger partial charge in [-0.15, -0.1) is 0 Å². The van der Waals surface area contributed by atoms with Crippen molar-refractivity contribution in [2.45, 2.75) is 37.3 Å². The summed E-state index contributed by atoms with van der Waals surface area (Å²) >= 11 is 0.